The Morgan fingerprint density at radius 1 is 1.30 bits per heavy atom. The number of nitrogens with one attached hydrogen (secondary N) is 1. The molecule has 1 saturated heterocycles. The van der Waals surface area contributed by atoms with Gasteiger partial charge in [-0.05, 0) is 19.3 Å². The lowest BCUT2D eigenvalue weighted by Gasteiger charge is -2.33. The molecule has 0 aliphatic carbocycles. The first-order chi connectivity index (χ1) is 9.45. The lowest BCUT2D eigenvalue weighted by atomic mass is 10.0. The number of carbonyl (C=O) groups excluding carboxylic acids is 2. The highest BCUT2D eigenvalue weighted by atomic mass is 16.2. The summed E-state index contributed by atoms with van der Waals surface area (Å²) in [6.45, 7) is 7.39. The molecule has 1 aliphatic rings. The quantitative estimate of drug-likeness (QED) is 0.770. The van der Waals surface area contributed by atoms with E-state index >= 15 is 0 Å². The second-order valence-corrected chi connectivity index (χ2v) is 6.01. The van der Waals surface area contributed by atoms with Crippen LogP contribution in [0.3, 0.4) is 0 Å². The SMILES string of the molecule is CCCCC(N)C(=O)NC1CCN(C(=O)C(C)C)CC1. The fourth-order valence-corrected chi connectivity index (χ4v) is 2.47. The van der Waals surface area contributed by atoms with Gasteiger partial charge in [0.25, 0.3) is 0 Å². The molecule has 1 atom stereocenters. The van der Waals surface area contributed by atoms with Crippen LogP contribution in [0.4, 0.5) is 0 Å². The van der Waals surface area contributed by atoms with Gasteiger partial charge in [-0.15, -0.1) is 0 Å². The van der Waals surface area contributed by atoms with Gasteiger partial charge >= 0.3 is 0 Å². The van der Waals surface area contributed by atoms with E-state index in [1.165, 1.54) is 0 Å². The number of amides is 2. The summed E-state index contributed by atoms with van der Waals surface area (Å²) in [6.07, 6.45) is 4.43. The van der Waals surface area contributed by atoms with Crippen molar-refractivity contribution in [2.45, 2.75) is 65.0 Å². The fraction of sp³-hybridized carbons (Fsp3) is 0.867. The molecule has 1 aliphatic heterocycles. The molecule has 1 heterocycles. The first-order valence-corrected chi connectivity index (χ1v) is 7.80. The third kappa shape index (κ3) is 5.12. The third-order valence-electron chi connectivity index (χ3n) is 3.85. The maximum atomic E-state index is 11.9. The zero-order chi connectivity index (χ0) is 15.1. The Morgan fingerprint density at radius 3 is 2.40 bits per heavy atom. The molecule has 1 fully saturated rings. The summed E-state index contributed by atoms with van der Waals surface area (Å²) >= 11 is 0. The van der Waals surface area contributed by atoms with Crippen LogP contribution in [0.15, 0.2) is 0 Å². The molecule has 3 N–H and O–H groups in total. The van der Waals surface area contributed by atoms with Crippen molar-refractivity contribution in [2.24, 2.45) is 11.7 Å². The van der Waals surface area contributed by atoms with Crippen LogP contribution < -0.4 is 11.1 Å². The normalized spacial score (nSPS) is 18.1. The summed E-state index contributed by atoms with van der Waals surface area (Å²) in [6, 6.07) is -0.239. The number of nitrogens with zero attached hydrogens (tertiary/aromatic N) is 1. The first kappa shape index (κ1) is 17.0. The summed E-state index contributed by atoms with van der Waals surface area (Å²) in [5.41, 5.74) is 5.86. The van der Waals surface area contributed by atoms with E-state index in [1.807, 2.05) is 18.7 Å². The molecule has 20 heavy (non-hydrogen) atoms. The van der Waals surface area contributed by atoms with E-state index in [4.69, 9.17) is 5.73 Å². The van der Waals surface area contributed by atoms with E-state index in [0.29, 0.717) is 0 Å². The maximum Gasteiger partial charge on any atom is 0.237 e. The number of hydrogen-bond donors (Lipinski definition) is 2. The summed E-state index contributed by atoms with van der Waals surface area (Å²) in [4.78, 5) is 25.7. The van der Waals surface area contributed by atoms with Crippen LogP contribution in [0.5, 0.6) is 0 Å². The van der Waals surface area contributed by atoms with E-state index in [0.717, 1.165) is 45.2 Å². The molecule has 5 nitrogen and oxygen atoms in total. The monoisotopic (exact) mass is 283 g/mol. The minimum absolute atomic E-state index is 0.0450. The van der Waals surface area contributed by atoms with Gasteiger partial charge in [-0.2, -0.15) is 0 Å². The van der Waals surface area contributed by atoms with Crippen molar-refractivity contribution in [2.75, 3.05) is 13.1 Å². The van der Waals surface area contributed by atoms with Gasteiger partial charge in [0.2, 0.25) is 11.8 Å². The van der Waals surface area contributed by atoms with E-state index in [-0.39, 0.29) is 23.8 Å². The van der Waals surface area contributed by atoms with Gasteiger partial charge in [-0.1, -0.05) is 33.6 Å². The molecule has 116 valence electrons. The molecule has 0 radical (unpaired) electrons. The van der Waals surface area contributed by atoms with Crippen LogP contribution in [0.2, 0.25) is 0 Å². The average molecular weight is 283 g/mol. The molecule has 0 saturated carbocycles. The predicted molar refractivity (Wildman–Crippen MR) is 80.1 cm³/mol. The largest absolute Gasteiger partial charge is 0.352 e. The van der Waals surface area contributed by atoms with Crippen LogP contribution in [-0.2, 0) is 9.59 Å². The van der Waals surface area contributed by atoms with Gasteiger partial charge < -0.3 is 16.0 Å². The van der Waals surface area contributed by atoms with Crippen molar-refractivity contribution in [1.29, 1.82) is 0 Å². The Bertz CT molecular complexity index is 323. The van der Waals surface area contributed by atoms with Crippen molar-refractivity contribution >= 4 is 11.8 Å². The average Bonchev–Trinajstić information content (AvgIpc) is 2.44. The van der Waals surface area contributed by atoms with Gasteiger partial charge in [-0.25, -0.2) is 0 Å². The smallest absolute Gasteiger partial charge is 0.237 e. The van der Waals surface area contributed by atoms with Crippen molar-refractivity contribution in [1.82, 2.24) is 10.2 Å². The summed E-state index contributed by atoms with van der Waals surface area (Å²) in [7, 11) is 0. The maximum absolute atomic E-state index is 11.9. The van der Waals surface area contributed by atoms with E-state index in [9.17, 15) is 9.59 Å². The molecular formula is C15H29N3O2. The number of carbonyl (C=O) groups is 2. The van der Waals surface area contributed by atoms with Crippen LogP contribution >= 0.6 is 0 Å². The third-order valence-corrected chi connectivity index (χ3v) is 3.85. The van der Waals surface area contributed by atoms with Gasteiger partial charge in [-0.3, -0.25) is 9.59 Å². The highest BCUT2D eigenvalue weighted by Crippen LogP contribution is 2.13. The van der Waals surface area contributed by atoms with Gasteiger partial charge in [0.15, 0.2) is 0 Å². The van der Waals surface area contributed by atoms with E-state index < -0.39 is 6.04 Å². The fourth-order valence-electron chi connectivity index (χ4n) is 2.47. The highest BCUT2D eigenvalue weighted by Gasteiger charge is 2.26. The number of unbranched alkanes of at least 4 members (excludes halogenated alkanes) is 1. The Hall–Kier alpha value is -1.10. The number of piperidine rings is 1. The summed E-state index contributed by atoms with van der Waals surface area (Å²) in [5.74, 6) is 0.199. The van der Waals surface area contributed by atoms with Crippen LogP contribution in [0.25, 0.3) is 0 Å². The Labute approximate surface area is 122 Å². The number of likely N-dealkylation sites (tertiary alicyclic amines) is 1. The molecule has 1 rings (SSSR count). The molecule has 0 bridgehead atoms. The zero-order valence-electron chi connectivity index (χ0n) is 13.0. The van der Waals surface area contributed by atoms with Gasteiger partial charge in [0.1, 0.15) is 0 Å². The minimum atomic E-state index is -0.398. The second-order valence-electron chi connectivity index (χ2n) is 6.01. The molecule has 2 amide bonds. The highest BCUT2D eigenvalue weighted by molar-refractivity contribution is 5.82. The molecular weight excluding hydrogens is 254 g/mol. The van der Waals surface area contributed by atoms with Gasteiger partial charge in [0.05, 0.1) is 6.04 Å². The van der Waals surface area contributed by atoms with Crippen molar-refractivity contribution < 1.29 is 9.59 Å². The van der Waals surface area contributed by atoms with Gasteiger partial charge in [0, 0.05) is 25.0 Å². The topological polar surface area (TPSA) is 75.4 Å². The summed E-state index contributed by atoms with van der Waals surface area (Å²) in [5, 5.41) is 3.01. The van der Waals surface area contributed by atoms with Crippen molar-refractivity contribution in [3.8, 4) is 0 Å². The van der Waals surface area contributed by atoms with Crippen molar-refractivity contribution in [3.05, 3.63) is 0 Å². The molecule has 0 aromatic carbocycles. The number of rotatable bonds is 6. The second kappa shape index (κ2) is 8.25. The molecule has 5 heteroatoms. The Morgan fingerprint density at radius 2 is 1.90 bits per heavy atom. The predicted octanol–water partition coefficient (Wildman–Crippen LogP) is 1.27. The number of hydrogen-bond acceptors (Lipinski definition) is 3. The molecule has 0 aromatic heterocycles. The lowest BCUT2D eigenvalue weighted by Crippen LogP contribution is -2.51. The zero-order valence-corrected chi connectivity index (χ0v) is 13.0. The minimum Gasteiger partial charge on any atom is -0.352 e. The van der Waals surface area contributed by atoms with Crippen LogP contribution in [-0.4, -0.2) is 41.9 Å². The van der Waals surface area contributed by atoms with E-state index in [2.05, 4.69) is 12.2 Å². The Kier molecular flexibility index (Phi) is 6.99. The van der Waals surface area contributed by atoms with E-state index in [1.54, 1.807) is 0 Å². The number of nitrogens with two attached hydrogens (primary N) is 1. The van der Waals surface area contributed by atoms with Crippen LogP contribution in [0.1, 0.15) is 52.9 Å². The van der Waals surface area contributed by atoms with Crippen LogP contribution in [0, 0.1) is 5.92 Å². The molecule has 0 spiro atoms. The lowest BCUT2D eigenvalue weighted by molar-refractivity contribution is -0.135. The van der Waals surface area contributed by atoms with Crippen molar-refractivity contribution in [3.63, 3.8) is 0 Å². The molecule has 1 unspecified atom stereocenters. The first-order valence-electron chi connectivity index (χ1n) is 7.80. The summed E-state index contributed by atoms with van der Waals surface area (Å²) < 4.78 is 0. The standard InChI is InChI=1S/C15H29N3O2/c1-4-5-6-13(16)14(19)17-12-7-9-18(10-8-12)15(20)11(2)3/h11-13H,4-10,16H2,1-3H3,(H,17,19). The Balaban J connectivity index is 2.31. The molecule has 0 aromatic rings.